The summed E-state index contributed by atoms with van der Waals surface area (Å²) in [5.41, 5.74) is 7.59. The quantitative estimate of drug-likeness (QED) is 0.668. The molecule has 0 unspecified atom stereocenters. The predicted molar refractivity (Wildman–Crippen MR) is 81.2 cm³/mol. The fourth-order valence-electron chi connectivity index (χ4n) is 1.81. The zero-order valence-electron chi connectivity index (χ0n) is 11.6. The Morgan fingerprint density at radius 2 is 1.76 bits per heavy atom. The Morgan fingerprint density at radius 3 is 2.38 bits per heavy atom. The topological polar surface area (TPSA) is 81.4 Å². The summed E-state index contributed by atoms with van der Waals surface area (Å²) in [7, 11) is 0. The van der Waals surface area contributed by atoms with Gasteiger partial charge in [0.15, 0.2) is 0 Å². The van der Waals surface area contributed by atoms with Gasteiger partial charge in [0.2, 0.25) is 0 Å². The number of hydrogen-bond acceptors (Lipinski definition) is 4. The summed E-state index contributed by atoms with van der Waals surface area (Å²) in [5, 5.41) is 2.73. The van der Waals surface area contributed by atoms with E-state index >= 15 is 0 Å². The molecule has 2 aromatic carbocycles. The third kappa shape index (κ3) is 3.60. The van der Waals surface area contributed by atoms with Crippen LogP contribution < -0.4 is 11.1 Å². The number of benzene rings is 2. The maximum atomic E-state index is 12.1. The SMILES string of the molecule is CCOC(=O)c1ccc(NC(=O)c2ccccc2N)cc1. The maximum Gasteiger partial charge on any atom is 0.338 e. The highest BCUT2D eigenvalue weighted by Gasteiger charge is 2.10. The summed E-state index contributed by atoms with van der Waals surface area (Å²) < 4.78 is 4.89. The summed E-state index contributed by atoms with van der Waals surface area (Å²) in [6.07, 6.45) is 0. The van der Waals surface area contributed by atoms with Gasteiger partial charge < -0.3 is 15.8 Å². The van der Waals surface area contributed by atoms with Crippen molar-refractivity contribution in [2.75, 3.05) is 17.7 Å². The Bertz CT molecular complexity index is 651. The fourth-order valence-corrected chi connectivity index (χ4v) is 1.81. The van der Waals surface area contributed by atoms with Gasteiger partial charge in [0, 0.05) is 11.4 Å². The van der Waals surface area contributed by atoms with Crippen LogP contribution in [0.15, 0.2) is 48.5 Å². The largest absolute Gasteiger partial charge is 0.462 e. The standard InChI is InChI=1S/C16H16N2O3/c1-2-21-16(20)11-7-9-12(10-8-11)18-15(19)13-5-3-4-6-14(13)17/h3-10H,2,17H2,1H3,(H,18,19). The van der Waals surface area contributed by atoms with Crippen LogP contribution in [-0.4, -0.2) is 18.5 Å². The number of carbonyl (C=O) groups is 2. The third-order valence-corrected chi connectivity index (χ3v) is 2.86. The monoisotopic (exact) mass is 284 g/mol. The van der Waals surface area contributed by atoms with Crippen molar-refractivity contribution in [1.82, 2.24) is 0 Å². The number of nitrogens with one attached hydrogen (secondary N) is 1. The van der Waals surface area contributed by atoms with Gasteiger partial charge in [0.1, 0.15) is 0 Å². The molecule has 0 aliphatic carbocycles. The van der Waals surface area contributed by atoms with Crippen molar-refractivity contribution in [1.29, 1.82) is 0 Å². The van der Waals surface area contributed by atoms with Gasteiger partial charge in [-0.15, -0.1) is 0 Å². The lowest BCUT2D eigenvalue weighted by Crippen LogP contribution is -2.14. The lowest BCUT2D eigenvalue weighted by Gasteiger charge is -2.08. The minimum absolute atomic E-state index is 0.294. The lowest BCUT2D eigenvalue weighted by atomic mass is 10.1. The first-order valence-electron chi connectivity index (χ1n) is 6.55. The molecule has 0 bridgehead atoms. The minimum Gasteiger partial charge on any atom is -0.462 e. The molecule has 2 rings (SSSR count). The summed E-state index contributed by atoms with van der Waals surface area (Å²) in [6, 6.07) is 13.3. The highest BCUT2D eigenvalue weighted by atomic mass is 16.5. The van der Waals surface area contributed by atoms with E-state index in [0.29, 0.717) is 29.1 Å². The van der Waals surface area contributed by atoms with Crippen LogP contribution in [-0.2, 0) is 4.74 Å². The molecule has 5 nitrogen and oxygen atoms in total. The molecule has 0 fully saturated rings. The van der Waals surface area contributed by atoms with Gasteiger partial charge in [-0.2, -0.15) is 0 Å². The number of rotatable bonds is 4. The van der Waals surface area contributed by atoms with E-state index < -0.39 is 0 Å². The Kier molecular flexibility index (Phi) is 4.56. The molecule has 0 spiro atoms. The van der Waals surface area contributed by atoms with E-state index in [9.17, 15) is 9.59 Å². The normalized spacial score (nSPS) is 9.95. The van der Waals surface area contributed by atoms with Crippen molar-refractivity contribution < 1.29 is 14.3 Å². The molecule has 2 aromatic rings. The molecule has 0 aliphatic rings. The van der Waals surface area contributed by atoms with Crippen LogP contribution in [0.3, 0.4) is 0 Å². The van der Waals surface area contributed by atoms with E-state index in [0.717, 1.165) is 0 Å². The van der Waals surface area contributed by atoms with Crippen LogP contribution in [0.2, 0.25) is 0 Å². The third-order valence-electron chi connectivity index (χ3n) is 2.86. The van der Waals surface area contributed by atoms with Crippen LogP contribution in [0, 0.1) is 0 Å². The Balaban J connectivity index is 2.09. The predicted octanol–water partition coefficient (Wildman–Crippen LogP) is 2.70. The Morgan fingerprint density at radius 1 is 1.10 bits per heavy atom. The molecule has 0 radical (unpaired) electrons. The van der Waals surface area contributed by atoms with E-state index in [1.807, 2.05) is 0 Å². The summed E-state index contributed by atoms with van der Waals surface area (Å²) in [5.74, 6) is -0.681. The molecule has 0 aromatic heterocycles. The highest BCUT2D eigenvalue weighted by Crippen LogP contribution is 2.15. The lowest BCUT2D eigenvalue weighted by molar-refractivity contribution is 0.0526. The molecule has 5 heteroatoms. The number of anilines is 2. The van der Waals surface area contributed by atoms with Gasteiger partial charge in [-0.3, -0.25) is 4.79 Å². The number of para-hydroxylation sites is 1. The van der Waals surface area contributed by atoms with Gasteiger partial charge in [-0.05, 0) is 43.3 Å². The average molecular weight is 284 g/mol. The van der Waals surface area contributed by atoms with Crippen molar-refractivity contribution in [3.8, 4) is 0 Å². The second-order valence-electron chi connectivity index (χ2n) is 4.34. The van der Waals surface area contributed by atoms with E-state index in [-0.39, 0.29) is 11.9 Å². The molecular weight excluding hydrogens is 268 g/mol. The number of nitrogens with two attached hydrogens (primary N) is 1. The minimum atomic E-state index is -0.386. The number of amides is 1. The number of hydrogen-bond donors (Lipinski definition) is 2. The van der Waals surface area contributed by atoms with Gasteiger partial charge in [0.25, 0.3) is 5.91 Å². The molecule has 3 N–H and O–H groups in total. The van der Waals surface area contributed by atoms with Gasteiger partial charge in [0.05, 0.1) is 17.7 Å². The smallest absolute Gasteiger partial charge is 0.338 e. The zero-order chi connectivity index (χ0) is 15.2. The molecule has 0 atom stereocenters. The summed E-state index contributed by atoms with van der Waals surface area (Å²) in [6.45, 7) is 2.07. The molecule has 108 valence electrons. The van der Waals surface area contributed by atoms with Crippen LogP contribution in [0.25, 0.3) is 0 Å². The van der Waals surface area contributed by atoms with Crippen molar-refractivity contribution in [2.24, 2.45) is 0 Å². The van der Waals surface area contributed by atoms with Crippen molar-refractivity contribution in [3.05, 3.63) is 59.7 Å². The molecule has 0 aliphatic heterocycles. The second kappa shape index (κ2) is 6.56. The van der Waals surface area contributed by atoms with Gasteiger partial charge in [-0.25, -0.2) is 4.79 Å². The fraction of sp³-hybridized carbons (Fsp3) is 0.125. The molecular formula is C16H16N2O3. The highest BCUT2D eigenvalue weighted by molar-refractivity contribution is 6.07. The van der Waals surface area contributed by atoms with Gasteiger partial charge >= 0.3 is 5.97 Å². The van der Waals surface area contributed by atoms with E-state index in [4.69, 9.17) is 10.5 Å². The van der Waals surface area contributed by atoms with Crippen molar-refractivity contribution >= 4 is 23.3 Å². The number of carbonyl (C=O) groups excluding carboxylic acids is 2. The maximum absolute atomic E-state index is 12.1. The first-order chi connectivity index (χ1) is 10.1. The summed E-state index contributed by atoms with van der Waals surface area (Å²) >= 11 is 0. The average Bonchev–Trinajstić information content (AvgIpc) is 2.48. The first-order valence-corrected chi connectivity index (χ1v) is 6.55. The van der Waals surface area contributed by atoms with Crippen molar-refractivity contribution in [2.45, 2.75) is 6.92 Å². The van der Waals surface area contributed by atoms with E-state index in [1.54, 1.807) is 55.5 Å². The molecule has 21 heavy (non-hydrogen) atoms. The zero-order valence-corrected chi connectivity index (χ0v) is 11.6. The van der Waals surface area contributed by atoms with Crippen LogP contribution in [0.4, 0.5) is 11.4 Å². The van der Waals surface area contributed by atoms with Crippen LogP contribution >= 0.6 is 0 Å². The Hall–Kier alpha value is -2.82. The molecule has 0 saturated heterocycles. The van der Waals surface area contributed by atoms with Crippen LogP contribution in [0.5, 0.6) is 0 Å². The molecule has 0 saturated carbocycles. The van der Waals surface area contributed by atoms with Crippen LogP contribution in [0.1, 0.15) is 27.6 Å². The first kappa shape index (κ1) is 14.6. The molecule has 1 amide bonds. The number of esters is 1. The summed E-state index contributed by atoms with van der Waals surface area (Å²) in [4.78, 5) is 23.6. The van der Waals surface area contributed by atoms with E-state index in [1.165, 1.54) is 0 Å². The van der Waals surface area contributed by atoms with Gasteiger partial charge in [-0.1, -0.05) is 12.1 Å². The van der Waals surface area contributed by atoms with Crippen molar-refractivity contribution in [3.63, 3.8) is 0 Å². The second-order valence-corrected chi connectivity index (χ2v) is 4.34. The number of nitrogen functional groups attached to an aromatic ring is 1. The van der Waals surface area contributed by atoms with E-state index in [2.05, 4.69) is 5.32 Å². The molecule has 0 heterocycles. The Labute approximate surface area is 122 Å². The number of ether oxygens (including phenoxy) is 1.